The second-order valence-corrected chi connectivity index (χ2v) is 6.96. The van der Waals surface area contributed by atoms with Crippen molar-refractivity contribution < 1.29 is 4.52 Å². The monoisotopic (exact) mass is 327 g/mol. The molecule has 0 aromatic carbocycles. The summed E-state index contributed by atoms with van der Waals surface area (Å²) in [6.07, 6.45) is 3.53. The van der Waals surface area contributed by atoms with Crippen LogP contribution in [0.5, 0.6) is 0 Å². The van der Waals surface area contributed by atoms with E-state index in [2.05, 4.69) is 31.4 Å². The Kier molecular flexibility index (Phi) is 3.50. The second kappa shape index (κ2) is 5.11. The Hall–Kier alpha value is -0.720. The molecule has 6 heteroatoms. The Morgan fingerprint density at radius 1 is 1.44 bits per heavy atom. The number of nitrogens with one attached hydrogen (secondary N) is 1. The fourth-order valence-electron chi connectivity index (χ4n) is 2.52. The lowest BCUT2D eigenvalue weighted by atomic mass is 10.0. The summed E-state index contributed by atoms with van der Waals surface area (Å²) in [4.78, 5) is 5.58. The molecule has 1 aliphatic carbocycles. The van der Waals surface area contributed by atoms with E-state index in [9.17, 15) is 0 Å². The van der Waals surface area contributed by atoms with Crippen LogP contribution in [0.1, 0.15) is 31.1 Å². The van der Waals surface area contributed by atoms with Crippen LogP contribution in [0.4, 0.5) is 0 Å². The van der Waals surface area contributed by atoms with Gasteiger partial charge in [0.05, 0.1) is 14.6 Å². The molecule has 1 N–H and O–H groups in total. The zero-order chi connectivity index (χ0) is 12.5. The largest absolute Gasteiger partial charge is 0.339 e. The summed E-state index contributed by atoms with van der Waals surface area (Å²) in [5, 5.41) is 7.42. The number of likely N-dealkylation sites (N-methyl/N-ethyl adjacent to an activating group) is 1. The molecule has 18 heavy (non-hydrogen) atoms. The second-order valence-electron chi connectivity index (χ2n) is 4.49. The molecule has 3 rings (SSSR count). The molecule has 0 amide bonds. The summed E-state index contributed by atoms with van der Waals surface area (Å²) in [6, 6.07) is 4.48. The first-order valence-corrected chi connectivity index (χ1v) is 7.65. The Morgan fingerprint density at radius 2 is 2.33 bits per heavy atom. The van der Waals surface area contributed by atoms with E-state index in [4.69, 9.17) is 4.52 Å². The third-order valence-corrected chi connectivity index (χ3v) is 5.06. The fraction of sp³-hybridized carbons (Fsp3) is 0.500. The lowest BCUT2D eigenvalue weighted by molar-refractivity contribution is 0.335. The number of aromatic nitrogens is 2. The van der Waals surface area contributed by atoms with Crippen LogP contribution >= 0.6 is 27.3 Å². The van der Waals surface area contributed by atoms with Gasteiger partial charge < -0.3 is 9.84 Å². The normalized spacial score (nSPS) is 23.7. The maximum absolute atomic E-state index is 5.43. The van der Waals surface area contributed by atoms with Crippen LogP contribution in [0, 0.1) is 0 Å². The molecule has 1 fully saturated rings. The van der Waals surface area contributed by atoms with E-state index in [0.717, 1.165) is 21.0 Å². The van der Waals surface area contributed by atoms with Gasteiger partial charge in [0.1, 0.15) is 0 Å². The highest BCUT2D eigenvalue weighted by Crippen LogP contribution is 2.35. The van der Waals surface area contributed by atoms with E-state index in [-0.39, 0.29) is 0 Å². The molecule has 0 radical (unpaired) electrons. The van der Waals surface area contributed by atoms with Gasteiger partial charge in [-0.2, -0.15) is 4.98 Å². The van der Waals surface area contributed by atoms with Gasteiger partial charge in [-0.3, -0.25) is 0 Å². The molecule has 0 aliphatic heterocycles. The molecule has 2 heterocycles. The average Bonchev–Trinajstić information content (AvgIpc) is 3.07. The number of rotatable bonds is 3. The van der Waals surface area contributed by atoms with Crippen LogP contribution in [-0.4, -0.2) is 23.2 Å². The smallest absolute Gasteiger partial charge is 0.231 e. The highest BCUT2D eigenvalue weighted by molar-refractivity contribution is 9.11. The lowest BCUT2D eigenvalue weighted by Gasteiger charge is -2.14. The highest BCUT2D eigenvalue weighted by atomic mass is 79.9. The molecular weight excluding hydrogens is 314 g/mol. The van der Waals surface area contributed by atoms with E-state index < -0.39 is 0 Å². The van der Waals surface area contributed by atoms with Crippen molar-refractivity contribution in [2.75, 3.05) is 7.05 Å². The van der Waals surface area contributed by atoms with Gasteiger partial charge in [-0.25, -0.2) is 0 Å². The number of nitrogens with zero attached hydrogens (tertiary/aromatic N) is 2. The topological polar surface area (TPSA) is 51.0 Å². The molecule has 1 aliphatic rings. The van der Waals surface area contributed by atoms with Crippen LogP contribution in [0.15, 0.2) is 20.4 Å². The number of hydrogen-bond donors (Lipinski definition) is 1. The summed E-state index contributed by atoms with van der Waals surface area (Å²) in [6.45, 7) is 0. The zero-order valence-electron chi connectivity index (χ0n) is 10.0. The molecule has 2 atom stereocenters. The first kappa shape index (κ1) is 12.3. The Balaban J connectivity index is 1.85. The minimum absolute atomic E-state index is 0.361. The van der Waals surface area contributed by atoms with E-state index in [1.165, 1.54) is 12.8 Å². The molecule has 2 unspecified atom stereocenters. The van der Waals surface area contributed by atoms with Gasteiger partial charge in [-0.15, -0.1) is 11.3 Å². The summed E-state index contributed by atoms with van der Waals surface area (Å²) in [7, 11) is 2.00. The van der Waals surface area contributed by atoms with Crippen LogP contribution in [0.3, 0.4) is 0 Å². The molecule has 0 saturated heterocycles. The van der Waals surface area contributed by atoms with Gasteiger partial charge in [0, 0.05) is 6.04 Å². The number of hydrogen-bond acceptors (Lipinski definition) is 5. The summed E-state index contributed by atoms with van der Waals surface area (Å²) < 4.78 is 6.52. The number of halogens is 1. The van der Waals surface area contributed by atoms with Crippen molar-refractivity contribution in [2.24, 2.45) is 0 Å². The van der Waals surface area contributed by atoms with Gasteiger partial charge in [0.2, 0.25) is 11.7 Å². The van der Waals surface area contributed by atoms with Crippen LogP contribution in [-0.2, 0) is 0 Å². The van der Waals surface area contributed by atoms with Gasteiger partial charge in [0.25, 0.3) is 0 Å². The van der Waals surface area contributed by atoms with E-state index in [0.29, 0.717) is 17.8 Å². The Bertz CT molecular complexity index is 539. The van der Waals surface area contributed by atoms with Crippen molar-refractivity contribution in [1.29, 1.82) is 0 Å². The summed E-state index contributed by atoms with van der Waals surface area (Å²) >= 11 is 5.06. The molecule has 2 aromatic rings. The third-order valence-electron chi connectivity index (χ3n) is 3.44. The maximum atomic E-state index is 5.43. The molecule has 2 aromatic heterocycles. The van der Waals surface area contributed by atoms with E-state index in [1.54, 1.807) is 11.3 Å². The molecule has 1 saturated carbocycles. The predicted octanol–water partition coefficient (Wildman–Crippen LogP) is 3.42. The van der Waals surface area contributed by atoms with Crippen molar-refractivity contribution in [3.63, 3.8) is 0 Å². The molecule has 96 valence electrons. The van der Waals surface area contributed by atoms with Crippen LogP contribution < -0.4 is 5.32 Å². The first-order valence-electron chi connectivity index (χ1n) is 6.04. The third kappa shape index (κ3) is 2.24. The van der Waals surface area contributed by atoms with Gasteiger partial charge >= 0.3 is 0 Å². The van der Waals surface area contributed by atoms with Crippen LogP contribution in [0.25, 0.3) is 10.7 Å². The van der Waals surface area contributed by atoms with E-state index >= 15 is 0 Å². The summed E-state index contributed by atoms with van der Waals surface area (Å²) in [5.74, 6) is 1.83. The molecular formula is C12H14BrN3OS. The average molecular weight is 328 g/mol. The maximum Gasteiger partial charge on any atom is 0.231 e. The predicted molar refractivity (Wildman–Crippen MR) is 74.8 cm³/mol. The summed E-state index contributed by atoms with van der Waals surface area (Å²) in [5.41, 5.74) is 0. The van der Waals surface area contributed by atoms with Crippen molar-refractivity contribution in [2.45, 2.75) is 31.2 Å². The van der Waals surface area contributed by atoms with Crippen molar-refractivity contribution >= 4 is 27.3 Å². The van der Waals surface area contributed by atoms with Gasteiger partial charge in [0.15, 0.2) is 0 Å². The highest BCUT2D eigenvalue weighted by Gasteiger charge is 2.32. The Labute approximate surface area is 118 Å². The Morgan fingerprint density at radius 3 is 3.06 bits per heavy atom. The van der Waals surface area contributed by atoms with E-state index in [1.807, 2.05) is 19.2 Å². The van der Waals surface area contributed by atoms with Crippen molar-refractivity contribution in [3.05, 3.63) is 21.8 Å². The van der Waals surface area contributed by atoms with Crippen molar-refractivity contribution in [3.8, 4) is 10.7 Å². The molecule has 4 nitrogen and oxygen atoms in total. The zero-order valence-corrected chi connectivity index (χ0v) is 12.4. The first-order chi connectivity index (χ1) is 8.78. The SMILES string of the molecule is CNC1CCCC1c1nc(-c2ccc(Br)s2)no1. The minimum Gasteiger partial charge on any atom is -0.339 e. The number of thiophene rings is 1. The van der Waals surface area contributed by atoms with Crippen molar-refractivity contribution in [1.82, 2.24) is 15.5 Å². The standard InChI is InChI=1S/C12H14BrN3OS/c1-14-8-4-2-3-7(8)12-15-11(16-17-12)9-5-6-10(13)18-9/h5-8,14H,2-4H2,1H3. The minimum atomic E-state index is 0.361. The fourth-order valence-corrected chi connectivity index (χ4v) is 3.83. The molecule has 0 spiro atoms. The van der Waals surface area contributed by atoms with Gasteiger partial charge in [-0.05, 0) is 48.0 Å². The van der Waals surface area contributed by atoms with Gasteiger partial charge in [-0.1, -0.05) is 11.6 Å². The molecule has 0 bridgehead atoms. The quantitative estimate of drug-likeness (QED) is 0.938. The lowest BCUT2D eigenvalue weighted by Crippen LogP contribution is -2.27. The van der Waals surface area contributed by atoms with Crippen LogP contribution in [0.2, 0.25) is 0 Å².